The molecule has 9 heteroatoms. The van der Waals surface area contributed by atoms with Gasteiger partial charge in [-0.2, -0.15) is 5.26 Å². The Labute approximate surface area is 149 Å². The van der Waals surface area contributed by atoms with Gasteiger partial charge in [0.25, 0.3) is 0 Å². The molecular weight excluding hydrogens is 356 g/mol. The van der Waals surface area contributed by atoms with Crippen LogP contribution in [0.4, 0.5) is 11.4 Å². The molecule has 0 aromatic heterocycles. The molecule has 0 saturated heterocycles. The first-order valence-electron chi connectivity index (χ1n) is 7.60. The van der Waals surface area contributed by atoms with Gasteiger partial charge in [-0.05, 0) is 48.0 Å². The van der Waals surface area contributed by atoms with Crippen molar-refractivity contribution in [1.82, 2.24) is 4.72 Å². The van der Waals surface area contributed by atoms with E-state index in [0.717, 1.165) is 0 Å². The second kappa shape index (κ2) is 6.95. The Kier molecular flexibility index (Phi) is 4.71. The van der Waals surface area contributed by atoms with E-state index in [9.17, 15) is 18.0 Å². The van der Waals surface area contributed by atoms with Crippen molar-refractivity contribution >= 4 is 33.2 Å². The molecule has 0 spiro atoms. The van der Waals surface area contributed by atoms with Crippen molar-refractivity contribution < 1.29 is 18.0 Å². The molecule has 26 heavy (non-hydrogen) atoms. The van der Waals surface area contributed by atoms with Gasteiger partial charge in [-0.15, -0.1) is 0 Å². The highest BCUT2D eigenvalue weighted by Gasteiger charge is 2.22. The highest BCUT2D eigenvalue weighted by Crippen LogP contribution is 2.25. The number of hydrogen-bond acceptors (Lipinski definition) is 5. The third-order valence-corrected chi connectivity index (χ3v) is 5.13. The largest absolute Gasteiger partial charge is 0.326 e. The molecule has 3 N–H and O–H groups in total. The van der Waals surface area contributed by atoms with E-state index in [1.54, 1.807) is 24.3 Å². The predicted octanol–water partition coefficient (Wildman–Crippen LogP) is 0.970. The van der Waals surface area contributed by atoms with Crippen LogP contribution in [0, 0.1) is 11.3 Å². The smallest absolute Gasteiger partial charge is 0.241 e. The summed E-state index contributed by atoms with van der Waals surface area (Å²) >= 11 is 0. The molecule has 1 aliphatic rings. The van der Waals surface area contributed by atoms with Crippen LogP contribution in [0.15, 0.2) is 47.4 Å². The molecule has 3 rings (SSSR count). The number of benzene rings is 2. The fraction of sp³-hybridized carbons (Fsp3) is 0.118. The third kappa shape index (κ3) is 3.88. The zero-order valence-electron chi connectivity index (χ0n) is 13.4. The lowest BCUT2D eigenvalue weighted by Crippen LogP contribution is -2.32. The van der Waals surface area contributed by atoms with Crippen LogP contribution in [-0.2, 0) is 26.0 Å². The van der Waals surface area contributed by atoms with Gasteiger partial charge in [0.15, 0.2) is 0 Å². The quantitative estimate of drug-likeness (QED) is 0.722. The van der Waals surface area contributed by atoms with Gasteiger partial charge in [0.1, 0.15) is 0 Å². The Hall–Kier alpha value is -3.22. The average Bonchev–Trinajstić information content (AvgIpc) is 3.00. The Morgan fingerprint density at radius 3 is 2.62 bits per heavy atom. The number of carbonyl (C=O) groups excluding carboxylic acids is 2. The molecule has 0 unspecified atom stereocenters. The molecule has 1 heterocycles. The van der Waals surface area contributed by atoms with Crippen molar-refractivity contribution in [3.05, 3.63) is 53.6 Å². The number of nitriles is 1. The van der Waals surface area contributed by atoms with Crippen molar-refractivity contribution in [1.29, 1.82) is 5.26 Å². The van der Waals surface area contributed by atoms with Crippen LogP contribution in [0.5, 0.6) is 0 Å². The Morgan fingerprint density at radius 2 is 1.92 bits per heavy atom. The first kappa shape index (κ1) is 17.6. The van der Waals surface area contributed by atoms with Crippen LogP contribution in [0.1, 0.15) is 11.1 Å². The van der Waals surface area contributed by atoms with Gasteiger partial charge in [-0.3, -0.25) is 9.59 Å². The summed E-state index contributed by atoms with van der Waals surface area (Å²) < 4.78 is 26.9. The Morgan fingerprint density at radius 1 is 1.19 bits per heavy atom. The summed E-state index contributed by atoms with van der Waals surface area (Å²) in [4.78, 5) is 23.2. The van der Waals surface area contributed by atoms with Crippen LogP contribution in [0.2, 0.25) is 0 Å². The van der Waals surface area contributed by atoms with E-state index in [0.29, 0.717) is 22.5 Å². The van der Waals surface area contributed by atoms with E-state index >= 15 is 0 Å². The maximum Gasteiger partial charge on any atom is 0.241 e. The van der Waals surface area contributed by atoms with Crippen LogP contribution < -0.4 is 15.4 Å². The molecular formula is C17H14N4O4S. The number of carbonyl (C=O) groups is 2. The molecule has 0 bridgehead atoms. The highest BCUT2D eigenvalue weighted by molar-refractivity contribution is 7.89. The number of anilines is 2. The topological polar surface area (TPSA) is 128 Å². The van der Waals surface area contributed by atoms with E-state index in [1.807, 2.05) is 6.07 Å². The summed E-state index contributed by atoms with van der Waals surface area (Å²) in [6.07, 6.45) is 0.123. The van der Waals surface area contributed by atoms with Gasteiger partial charge in [0, 0.05) is 11.4 Å². The van der Waals surface area contributed by atoms with E-state index < -0.39 is 22.5 Å². The molecule has 8 nitrogen and oxygen atoms in total. The summed E-state index contributed by atoms with van der Waals surface area (Å²) in [6.45, 7) is -0.448. The zero-order chi connectivity index (χ0) is 18.7. The molecule has 2 amide bonds. The molecule has 2 aromatic carbocycles. The lowest BCUT2D eigenvalue weighted by molar-refractivity contribution is -0.115. The van der Waals surface area contributed by atoms with Crippen molar-refractivity contribution in [3.8, 4) is 6.07 Å². The number of rotatable bonds is 5. The van der Waals surface area contributed by atoms with Gasteiger partial charge in [0.05, 0.1) is 29.5 Å². The normalized spacial score (nSPS) is 12.8. The SMILES string of the molecule is N#Cc1ccc(NC(=O)CNS(=O)(=O)c2ccc3c(c2)CC(=O)N3)cc1. The fourth-order valence-electron chi connectivity index (χ4n) is 2.45. The van der Waals surface area contributed by atoms with Crippen LogP contribution >= 0.6 is 0 Å². The number of nitrogens with one attached hydrogen (secondary N) is 3. The van der Waals surface area contributed by atoms with Crippen molar-refractivity contribution in [3.63, 3.8) is 0 Å². The average molecular weight is 370 g/mol. The minimum absolute atomic E-state index is 0.0149. The van der Waals surface area contributed by atoms with Gasteiger partial charge >= 0.3 is 0 Å². The lowest BCUT2D eigenvalue weighted by atomic mass is 10.2. The molecule has 132 valence electrons. The number of sulfonamides is 1. The Balaban J connectivity index is 1.63. The van der Waals surface area contributed by atoms with Gasteiger partial charge < -0.3 is 10.6 Å². The monoisotopic (exact) mass is 370 g/mol. The number of hydrogen-bond donors (Lipinski definition) is 3. The molecule has 1 aliphatic heterocycles. The van der Waals surface area contributed by atoms with Crippen LogP contribution in [-0.4, -0.2) is 26.8 Å². The number of fused-ring (bicyclic) bond motifs is 1. The first-order chi connectivity index (χ1) is 12.4. The number of amides is 2. The van der Waals surface area contributed by atoms with Gasteiger partial charge in [0.2, 0.25) is 21.8 Å². The fourth-order valence-corrected chi connectivity index (χ4v) is 3.48. The predicted molar refractivity (Wildman–Crippen MR) is 93.8 cm³/mol. The standard InChI is InChI=1S/C17H14N4O4S/c18-9-11-1-3-13(4-2-11)20-17(23)10-19-26(24,25)14-5-6-15-12(7-14)8-16(22)21-15/h1-7,19H,8,10H2,(H,20,23)(H,21,22). The maximum atomic E-state index is 12.3. The van der Waals surface area contributed by atoms with E-state index in [-0.39, 0.29) is 17.2 Å². The third-order valence-electron chi connectivity index (χ3n) is 3.73. The van der Waals surface area contributed by atoms with Crippen LogP contribution in [0.25, 0.3) is 0 Å². The van der Waals surface area contributed by atoms with Crippen molar-refractivity contribution in [2.75, 3.05) is 17.2 Å². The minimum Gasteiger partial charge on any atom is -0.326 e. The second-order valence-corrected chi connectivity index (χ2v) is 7.37. The van der Waals surface area contributed by atoms with E-state index in [2.05, 4.69) is 15.4 Å². The molecule has 2 aromatic rings. The second-order valence-electron chi connectivity index (χ2n) is 5.61. The summed E-state index contributed by atoms with van der Waals surface area (Å²) in [5, 5.41) is 13.9. The molecule has 0 radical (unpaired) electrons. The Bertz CT molecular complexity index is 1020. The van der Waals surface area contributed by atoms with E-state index in [4.69, 9.17) is 5.26 Å². The first-order valence-corrected chi connectivity index (χ1v) is 9.08. The number of nitrogens with zero attached hydrogens (tertiary/aromatic N) is 1. The summed E-state index contributed by atoms with van der Waals surface area (Å²) in [7, 11) is -3.89. The molecule has 0 atom stereocenters. The summed E-state index contributed by atoms with van der Waals surface area (Å²) in [5.74, 6) is -0.736. The van der Waals surface area contributed by atoms with Crippen molar-refractivity contribution in [2.24, 2.45) is 0 Å². The molecule has 0 fully saturated rings. The van der Waals surface area contributed by atoms with Gasteiger partial charge in [-0.25, -0.2) is 13.1 Å². The summed E-state index contributed by atoms with van der Waals surface area (Å²) in [6, 6.07) is 12.4. The molecule has 0 saturated carbocycles. The van der Waals surface area contributed by atoms with E-state index in [1.165, 1.54) is 18.2 Å². The molecule has 0 aliphatic carbocycles. The minimum atomic E-state index is -3.89. The highest BCUT2D eigenvalue weighted by atomic mass is 32.2. The van der Waals surface area contributed by atoms with Crippen molar-refractivity contribution in [2.45, 2.75) is 11.3 Å². The maximum absolute atomic E-state index is 12.3. The summed E-state index contributed by atoms with van der Waals surface area (Å²) in [5.41, 5.74) is 2.09. The van der Waals surface area contributed by atoms with Crippen LogP contribution in [0.3, 0.4) is 0 Å². The van der Waals surface area contributed by atoms with Gasteiger partial charge in [-0.1, -0.05) is 0 Å². The zero-order valence-corrected chi connectivity index (χ0v) is 14.3. The lowest BCUT2D eigenvalue weighted by Gasteiger charge is -2.09.